The molecule has 1 amide bonds. The Kier molecular flexibility index (Phi) is 7.59. The average molecular weight is 203 g/mol. The van der Waals surface area contributed by atoms with Crippen LogP contribution in [0.4, 0.5) is 4.79 Å². The average Bonchev–Trinajstić information content (AvgIpc) is 2.18. The zero-order valence-corrected chi connectivity index (χ0v) is 8.67. The molecule has 5 nitrogen and oxygen atoms in total. The number of carbonyl (C=O) groups excluding carboxylic acids is 2. The second kappa shape index (κ2) is 8.34. The largest absolute Gasteiger partial charge is 0.469 e. The second-order valence-electron chi connectivity index (χ2n) is 2.74. The number of hydrogen-bond donors (Lipinski definition) is 1. The van der Waals surface area contributed by atoms with Crippen LogP contribution in [-0.4, -0.2) is 32.3 Å². The molecule has 14 heavy (non-hydrogen) atoms. The van der Waals surface area contributed by atoms with Crippen LogP contribution in [0.5, 0.6) is 0 Å². The number of unbranched alkanes of at least 4 members (excludes halogenated alkanes) is 1. The van der Waals surface area contributed by atoms with Crippen molar-refractivity contribution in [2.75, 3.05) is 20.3 Å². The van der Waals surface area contributed by atoms with Gasteiger partial charge in [-0.25, -0.2) is 4.79 Å². The van der Waals surface area contributed by atoms with Gasteiger partial charge in [0, 0.05) is 6.54 Å². The summed E-state index contributed by atoms with van der Waals surface area (Å²) >= 11 is 0. The number of methoxy groups -OCH3 is 1. The molecule has 0 aromatic heterocycles. The molecule has 0 heterocycles. The Morgan fingerprint density at radius 3 is 2.64 bits per heavy atom. The lowest BCUT2D eigenvalue weighted by Gasteiger charge is -2.05. The van der Waals surface area contributed by atoms with Crippen molar-refractivity contribution in [2.24, 2.45) is 0 Å². The monoisotopic (exact) mass is 203 g/mol. The Morgan fingerprint density at radius 2 is 2.07 bits per heavy atom. The molecule has 0 aromatic carbocycles. The van der Waals surface area contributed by atoms with E-state index in [9.17, 15) is 9.59 Å². The Balaban J connectivity index is 3.31. The molecule has 0 bridgehead atoms. The van der Waals surface area contributed by atoms with Gasteiger partial charge < -0.3 is 14.8 Å². The molecule has 5 heteroatoms. The maximum atomic E-state index is 10.9. The van der Waals surface area contributed by atoms with Crippen molar-refractivity contribution >= 4 is 12.1 Å². The lowest BCUT2D eigenvalue weighted by Crippen LogP contribution is -2.27. The topological polar surface area (TPSA) is 64.6 Å². The Bertz CT molecular complexity index is 182. The molecule has 0 saturated carbocycles. The lowest BCUT2D eigenvalue weighted by molar-refractivity contribution is -0.140. The molecule has 0 aliphatic rings. The van der Waals surface area contributed by atoms with Gasteiger partial charge in [-0.1, -0.05) is 13.3 Å². The molecule has 0 radical (unpaired) electrons. The highest BCUT2D eigenvalue weighted by atomic mass is 16.5. The minimum Gasteiger partial charge on any atom is -0.469 e. The number of hydrogen-bond acceptors (Lipinski definition) is 4. The van der Waals surface area contributed by atoms with Gasteiger partial charge in [-0.2, -0.15) is 0 Å². The summed E-state index contributed by atoms with van der Waals surface area (Å²) in [6, 6.07) is 0. The van der Waals surface area contributed by atoms with E-state index in [0.717, 1.165) is 12.8 Å². The van der Waals surface area contributed by atoms with Crippen molar-refractivity contribution in [3.8, 4) is 0 Å². The van der Waals surface area contributed by atoms with Crippen LogP contribution in [-0.2, 0) is 14.3 Å². The van der Waals surface area contributed by atoms with Crippen molar-refractivity contribution in [1.82, 2.24) is 5.32 Å². The van der Waals surface area contributed by atoms with Gasteiger partial charge in [0.25, 0.3) is 0 Å². The number of carbonyl (C=O) groups is 2. The highest BCUT2D eigenvalue weighted by molar-refractivity contribution is 5.71. The predicted molar refractivity (Wildman–Crippen MR) is 50.9 cm³/mol. The van der Waals surface area contributed by atoms with Crippen LogP contribution in [0.2, 0.25) is 0 Å². The van der Waals surface area contributed by atoms with Crippen molar-refractivity contribution in [1.29, 1.82) is 0 Å². The van der Waals surface area contributed by atoms with Gasteiger partial charge >= 0.3 is 12.1 Å². The van der Waals surface area contributed by atoms with Crippen LogP contribution < -0.4 is 5.32 Å². The zero-order valence-electron chi connectivity index (χ0n) is 8.67. The third kappa shape index (κ3) is 7.39. The van der Waals surface area contributed by atoms with Crippen LogP contribution in [0.1, 0.15) is 26.2 Å². The molecule has 0 unspecified atom stereocenters. The normalized spacial score (nSPS) is 9.29. The van der Waals surface area contributed by atoms with Gasteiger partial charge in [0.2, 0.25) is 0 Å². The number of ether oxygens (including phenoxy) is 2. The van der Waals surface area contributed by atoms with Gasteiger partial charge in [-0.3, -0.25) is 4.79 Å². The molecule has 0 atom stereocenters. The summed E-state index contributed by atoms with van der Waals surface area (Å²) < 4.78 is 9.20. The highest BCUT2D eigenvalue weighted by Crippen LogP contribution is 1.88. The number of nitrogens with one attached hydrogen (secondary N) is 1. The van der Waals surface area contributed by atoms with E-state index in [1.807, 2.05) is 6.92 Å². The summed E-state index contributed by atoms with van der Waals surface area (Å²) in [5.74, 6) is -0.348. The molecule has 82 valence electrons. The lowest BCUT2D eigenvalue weighted by atomic mass is 10.4. The fraction of sp³-hybridized carbons (Fsp3) is 0.778. The minimum atomic E-state index is -0.484. The standard InChI is InChI=1S/C9H17NO4/c1-3-4-7-14-9(12)10-6-5-8(11)13-2/h3-7H2,1-2H3,(H,10,12). The fourth-order valence-corrected chi connectivity index (χ4v) is 0.729. The van der Waals surface area contributed by atoms with E-state index in [1.54, 1.807) is 0 Å². The van der Waals surface area contributed by atoms with Crippen LogP contribution >= 0.6 is 0 Å². The summed E-state index contributed by atoms with van der Waals surface area (Å²) in [7, 11) is 1.31. The summed E-state index contributed by atoms with van der Waals surface area (Å²) in [5.41, 5.74) is 0. The van der Waals surface area contributed by atoms with Gasteiger partial charge in [-0.05, 0) is 6.42 Å². The van der Waals surface area contributed by atoms with Crippen LogP contribution in [0.15, 0.2) is 0 Å². The molecule has 0 fully saturated rings. The van der Waals surface area contributed by atoms with E-state index in [0.29, 0.717) is 6.61 Å². The maximum Gasteiger partial charge on any atom is 0.407 e. The first-order valence-corrected chi connectivity index (χ1v) is 4.68. The molecule has 0 aliphatic heterocycles. The molecular weight excluding hydrogens is 186 g/mol. The summed E-state index contributed by atoms with van der Waals surface area (Å²) in [6.45, 7) is 2.68. The van der Waals surface area contributed by atoms with Crippen LogP contribution in [0.25, 0.3) is 0 Å². The molecule has 0 aliphatic carbocycles. The highest BCUT2D eigenvalue weighted by Gasteiger charge is 2.03. The SMILES string of the molecule is CCCCOC(=O)NCCC(=O)OC. The van der Waals surface area contributed by atoms with Crippen molar-refractivity contribution in [3.05, 3.63) is 0 Å². The van der Waals surface area contributed by atoms with E-state index in [1.165, 1.54) is 7.11 Å². The number of rotatable bonds is 6. The fourth-order valence-electron chi connectivity index (χ4n) is 0.729. The summed E-state index contributed by atoms with van der Waals surface area (Å²) in [5, 5.41) is 2.44. The van der Waals surface area contributed by atoms with E-state index in [4.69, 9.17) is 4.74 Å². The maximum absolute atomic E-state index is 10.9. The molecular formula is C9H17NO4. The Hall–Kier alpha value is -1.26. The number of esters is 1. The third-order valence-electron chi connectivity index (χ3n) is 1.56. The van der Waals surface area contributed by atoms with Gasteiger partial charge in [0.05, 0.1) is 20.1 Å². The van der Waals surface area contributed by atoms with E-state index >= 15 is 0 Å². The first kappa shape index (κ1) is 12.7. The summed E-state index contributed by atoms with van der Waals surface area (Å²) in [6.07, 6.45) is 1.52. The van der Waals surface area contributed by atoms with Gasteiger partial charge in [-0.15, -0.1) is 0 Å². The first-order valence-electron chi connectivity index (χ1n) is 4.68. The predicted octanol–water partition coefficient (Wildman–Crippen LogP) is 1.08. The molecule has 0 aromatic rings. The molecule has 1 N–H and O–H groups in total. The molecule has 0 spiro atoms. The Morgan fingerprint density at radius 1 is 1.36 bits per heavy atom. The van der Waals surface area contributed by atoms with Crippen molar-refractivity contribution < 1.29 is 19.1 Å². The van der Waals surface area contributed by atoms with Crippen molar-refractivity contribution in [3.63, 3.8) is 0 Å². The quantitative estimate of drug-likeness (QED) is 0.518. The van der Waals surface area contributed by atoms with Gasteiger partial charge in [0.15, 0.2) is 0 Å². The van der Waals surface area contributed by atoms with E-state index < -0.39 is 6.09 Å². The van der Waals surface area contributed by atoms with Crippen LogP contribution in [0, 0.1) is 0 Å². The Labute approximate surface area is 83.8 Å². The third-order valence-corrected chi connectivity index (χ3v) is 1.56. The summed E-state index contributed by atoms with van der Waals surface area (Å²) in [4.78, 5) is 21.5. The number of amides is 1. The molecule has 0 saturated heterocycles. The smallest absolute Gasteiger partial charge is 0.407 e. The minimum absolute atomic E-state index is 0.166. The van der Waals surface area contributed by atoms with Crippen LogP contribution in [0.3, 0.4) is 0 Å². The number of alkyl carbamates (subject to hydrolysis) is 1. The van der Waals surface area contributed by atoms with E-state index in [-0.39, 0.29) is 18.9 Å². The molecule has 0 rings (SSSR count). The van der Waals surface area contributed by atoms with Gasteiger partial charge in [0.1, 0.15) is 0 Å². The zero-order chi connectivity index (χ0) is 10.8. The second-order valence-corrected chi connectivity index (χ2v) is 2.74. The van der Waals surface area contributed by atoms with E-state index in [2.05, 4.69) is 10.1 Å². The van der Waals surface area contributed by atoms with Crippen molar-refractivity contribution in [2.45, 2.75) is 26.2 Å². The first-order chi connectivity index (χ1) is 6.70.